The molecule has 0 nitrogen and oxygen atoms in total. The maximum absolute atomic E-state index is 2.23. The van der Waals surface area contributed by atoms with Crippen molar-refractivity contribution < 1.29 is 0 Å². The molecule has 0 aliphatic carbocycles. The van der Waals surface area contributed by atoms with E-state index in [9.17, 15) is 0 Å². The van der Waals surface area contributed by atoms with E-state index in [1.54, 1.807) is 0 Å². The minimum atomic E-state index is 0.413. The molecule has 0 spiro atoms. The third-order valence-corrected chi connectivity index (χ3v) is 5.26. The Balaban J connectivity index is 1.69. The number of rotatable bonds is 4. The molecule has 0 unspecified atom stereocenters. The van der Waals surface area contributed by atoms with Gasteiger partial charge in [-0.2, -0.15) is 0 Å². The van der Waals surface area contributed by atoms with Gasteiger partial charge in [-0.05, 0) is 0 Å². The average molecular weight is 335 g/mol. The van der Waals surface area contributed by atoms with Gasteiger partial charge in [0.1, 0.15) is 0 Å². The molecule has 1 aromatic heterocycles. The Morgan fingerprint density at radius 3 is 1.33 bits per heavy atom. The van der Waals surface area contributed by atoms with Crippen molar-refractivity contribution in [2.45, 2.75) is 0 Å². The van der Waals surface area contributed by atoms with Crippen LogP contribution in [0.1, 0.15) is 20.0 Å². The van der Waals surface area contributed by atoms with Crippen LogP contribution in [-0.2, 0) is 0 Å². The van der Waals surface area contributed by atoms with Gasteiger partial charge in [0.15, 0.2) is 0 Å². The molecule has 0 atom stereocenters. The second kappa shape index (κ2) is 7.08. The van der Waals surface area contributed by atoms with Crippen molar-refractivity contribution in [1.82, 2.24) is 0 Å². The van der Waals surface area contributed by atoms with Crippen LogP contribution in [0.3, 0.4) is 0 Å². The summed E-state index contributed by atoms with van der Waals surface area (Å²) >= 11 is 0.413. The van der Waals surface area contributed by atoms with E-state index in [2.05, 4.69) is 85.0 Å². The summed E-state index contributed by atoms with van der Waals surface area (Å²) < 4.78 is 2.83. The summed E-state index contributed by atoms with van der Waals surface area (Å²) in [5, 5.41) is 0. The van der Waals surface area contributed by atoms with E-state index >= 15 is 0 Å². The predicted molar refractivity (Wildman–Crippen MR) is 94.1 cm³/mol. The summed E-state index contributed by atoms with van der Waals surface area (Å²) in [6.07, 6.45) is 8.83. The topological polar surface area (TPSA) is 0 Å². The first-order chi connectivity index (χ1) is 10.4. The zero-order valence-electron chi connectivity index (χ0n) is 11.6. The van der Waals surface area contributed by atoms with Crippen LogP contribution in [0.2, 0.25) is 0 Å². The Hall–Kier alpha value is -2.08. The van der Waals surface area contributed by atoms with Gasteiger partial charge in [-0.25, -0.2) is 0 Å². The van der Waals surface area contributed by atoms with Crippen molar-refractivity contribution in [3.8, 4) is 0 Å². The van der Waals surface area contributed by atoms with E-state index in [1.807, 2.05) is 12.1 Å². The first kappa shape index (κ1) is 13.9. The van der Waals surface area contributed by atoms with E-state index in [1.165, 1.54) is 20.0 Å². The minimum absolute atomic E-state index is 0.413. The van der Waals surface area contributed by atoms with Crippen molar-refractivity contribution in [2.75, 3.05) is 0 Å². The molecule has 3 rings (SSSR count). The summed E-state index contributed by atoms with van der Waals surface area (Å²) in [4.78, 5) is 0. The molecule has 0 N–H and O–H groups in total. The maximum atomic E-state index is 2.23. The van der Waals surface area contributed by atoms with E-state index in [0.717, 1.165) is 0 Å². The van der Waals surface area contributed by atoms with Gasteiger partial charge in [0.05, 0.1) is 0 Å². The van der Waals surface area contributed by atoms with Gasteiger partial charge < -0.3 is 0 Å². The molecular formula is C20H16Se. The Kier molecular flexibility index (Phi) is 4.68. The van der Waals surface area contributed by atoms with Crippen molar-refractivity contribution in [1.29, 1.82) is 0 Å². The van der Waals surface area contributed by atoms with E-state index in [-0.39, 0.29) is 0 Å². The van der Waals surface area contributed by atoms with Gasteiger partial charge in [-0.3, -0.25) is 0 Å². The summed E-state index contributed by atoms with van der Waals surface area (Å²) in [5.41, 5.74) is 2.50. The molecule has 0 bridgehead atoms. The predicted octanol–water partition coefficient (Wildman–Crippen LogP) is 5.08. The first-order valence-corrected chi connectivity index (χ1v) is 8.67. The van der Waals surface area contributed by atoms with Gasteiger partial charge in [-0.1, -0.05) is 0 Å². The molecule has 1 heterocycles. The fourth-order valence-corrected chi connectivity index (χ4v) is 3.75. The second-order valence-corrected chi connectivity index (χ2v) is 7.13. The zero-order valence-corrected chi connectivity index (χ0v) is 13.4. The summed E-state index contributed by atoms with van der Waals surface area (Å²) in [7, 11) is 0. The molecule has 0 saturated heterocycles. The third-order valence-electron chi connectivity index (χ3n) is 3.13. The Bertz CT molecular complexity index is 670. The average Bonchev–Trinajstić information content (AvgIpc) is 3.01. The van der Waals surface area contributed by atoms with Crippen LogP contribution in [0.4, 0.5) is 0 Å². The van der Waals surface area contributed by atoms with Gasteiger partial charge in [0, 0.05) is 0 Å². The quantitative estimate of drug-likeness (QED) is 0.583. The molecule has 0 fully saturated rings. The Labute approximate surface area is 131 Å². The van der Waals surface area contributed by atoms with Crippen LogP contribution in [0.15, 0.2) is 72.8 Å². The van der Waals surface area contributed by atoms with Crippen LogP contribution in [0.5, 0.6) is 0 Å². The molecule has 2 aromatic carbocycles. The molecule has 1 heteroatoms. The monoisotopic (exact) mass is 336 g/mol. The van der Waals surface area contributed by atoms with Crippen molar-refractivity contribution in [2.24, 2.45) is 0 Å². The molecule has 0 aliphatic rings. The standard InChI is InChI=1S/C20H16Se/c1-3-7-17(8-4-1)11-13-19-15-16-20(21-19)14-12-18-9-5-2-6-10-18/h1-16H/b13-11+,14-12+. The van der Waals surface area contributed by atoms with Gasteiger partial charge >= 0.3 is 132 Å². The van der Waals surface area contributed by atoms with Crippen LogP contribution >= 0.6 is 0 Å². The van der Waals surface area contributed by atoms with Crippen LogP contribution < -0.4 is 0 Å². The van der Waals surface area contributed by atoms with Gasteiger partial charge in [0.2, 0.25) is 0 Å². The zero-order chi connectivity index (χ0) is 14.3. The first-order valence-electron chi connectivity index (χ1n) is 6.96. The molecule has 0 aliphatic heterocycles. The van der Waals surface area contributed by atoms with Crippen LogP contribution in [-0.4, -0.2) is 14.5 Å². The Morgan fingerprint density at radius 1 is 0.476 bits per heavy atom. The molecule has 21 heavy (non-hydrogen) atoms. The van der Waals surface area contributed by atoms with Crippen molar-refractivity contribution in [3.05, 3.63) is 92.8 Å². The van der Waals surface area contributed by atoms with Gasteiger partial charge in [0.25, 0.3) is 0 Å². The fourth-order valence-electron chi connectivity index (χ4n) is 2.03. The number of hydrogen-bond donors (Lipinski definition) is 0. The van der Waals surface area contributed by atoms with Crippen molar-refractivity contribution >= 4 is 38.8 Å². The SMILES string of the molecule is C(=C\c1ccc(/C=C/c2ccccc2)[se]1)/c1ccccc1. The molecular weight excluding hydrogens is 319 g/mol. The molecule has 0 saturated carbocycles. The normalized spacial score (nSPS) is 11.4. The third kappa shape index (κ3) is 4.19. The van der Waals surface area contributed by atoms with Crippen LogP contribution in [0, 0.1) is 0 Å². The molecule has 102 valence electrons. The van der Waals surface area contributed by atoms with E-state index < -0.39 is 0 Å². The molecule has 0 radical (unpaired) electrons. The fraction of sp³-hybridized carbons (Fsp3) is 0. The van der Waals surface area contributed by atoms with Gasteiger partial charge in [-0.15, -0.1) is 0 Å². The molecule has 0 amide bonds. The molecule has 3 aromatic rings. The summed E-state index contributed by atoms with van der Waals surface area (Å²) in [6.45, 7) is 0. The second-order valence-electron chi connectivity index (χ2n) is 4.73. The van der Waals surface area contributed by atoms with E-state index in [4.69, 9.17) is 0 Å². The van der Waals surface area contributed by atoms with E-state index in [0.29, 0.717) is 14.5 Å². The Morgan fingerprint density at radius 2 is 0.905 bits per heavy atom. The summed E-state index contributed by atoms with van der Waals surface area (Å²) in [6, 6.07) is 25.3. The number of benzene rings is 2. The van der Waals surface area contributed by atoms with Crippen LogP contribution in [0.25, 0.3) is 24.3 Å². The number of hydrogen-bond acceptors (Lipinski definition) is 0. The van der Waals surface area contributed by atoms with Crippen molar-refractivity contribution in [3.63, 3.8) is 0 Å². The summed E-state index contributed by atoms with van der Waals surface area (Å²) in [5.74, 6) is 0.